The fourth-order valence-corrected chi connectivity index (χ4v) is 8.21. The third kappa shape index (κ3) is 7.24. The van der Waals surface area contributed by atoms with Gasteiger partial charge in [0, 0.05) is 21.5 Å². The highest BCUT2D eigenvalue weighted by Gasteiger charge is 2.37. The zero-order chi connectivity index (χ0) is 43.5. The average Bonchev–Trinajstić information content (AvgIpc) is 3.67. The van der Waals surface area contributed by atoms with E-state index in [9.17, 15) is 26.3 Å². The maximum absolute atomic E-state index is 14.4. The fourth-order valence-electron chi connectivity index (χ4n) is 8.21. The van der Waals surface area contributed by atoms with Crippen molar-refractivity contribution >= 4 is 43.6 Å². The molecule has 0 fully saturated rings. The second-order valence-electron chi connectivity index (χ2n) is 19.2. The molecule has 0 saturated heterocycles. The van der Waals surface area contributed by atoms with E-state index in [0.717, 1.165) is 84.4 Å². The number of hydrogen-bond donors (Lipinski definition) is 0. The van der Waals surface area contributed by atoms with Crippen LogP contribution in [0.2, 0.25) is 0 Å². The average molecular weight is 818 g/mol. The second-order valence-corrected chi connectivity index (χ2v) is 19.2. The van der Waals surface area contributed by atoms with Gasteiger partial charge in [-0.05, 0) is 111 Å². The maximum atomic E-state index is 14.4. The molecular weight excluding hydrogens is 769 g/mol. The molecule has 0 aliphatic rings. The van der Waals surface area contributed by atoms with E-state index < -0.39 is 23.5 Å². The topological polar surface area (TPSA) is 22.8 Å². The summed E-state index contributed by atoms with van der Waals surface area (Å²) in [5.74, 6) is 0.723. The Morgan fingerprint density at radius 1 is 0.400 bits per heavy atom. The lowest BCUT2D eigenvalue weighted by molar-refractivity contribution is -0.143. The molecule has 5 aromatic carbocycles. The van der Waals surface area contributed by atoms with Crippen molar-refractivity contribution in [2.75, 3.05) is 0 Å². The molecular formula is C51H49F6N3. The molecule has 0 spiro atoms. The normalized spacial score (nSPS) is 13.4. The maximum Gasteiger partial charge on any atom is 0.416 e. The number of aromatic nitrogens is 3. The summed E-state index contributed by atoms with van der Waals surface area (Å²) in [6, 6.07) is 30.2. The number of hydrogen-bond acceptors (Lipinski definition) is 1. The smallest absolute Gasteiger partial charge is 0.294 e. The highest BCUT2D eigenvalue weighted by molar-refractivity contribution is 6.11. The van der Waals surface area contributed by atoms with Gasteiger partial charge in [-0.15, -0.1) is 0 Å². The van der Waals surface area contributed by atoms with Crippen molar-refractivity contribution in [2.45, 2.75) is 104 Å². The molecule has 8 rings (SSSR count). The molecule has 0 atom stereocenters. The SMILES string of the molecule is CCc1ccc2c3ccc(C(C)(C)C)cc3n(-c3cc(-c4cc(C(F)(F)F)cc(C(F)(F)F)c4)cc(-n4c5cc(C(C)(C)C)ccc5c5ccc(C(C)(C)C)cc54)n3)c2c1. The first-order chi connectivity index (χ1) is 27.8. The summed E-state index contributed by atoms with van der Waals surface area (Å²) >= 11 is 0. The van der Waals surface area contributed by atoms with Crippen LogP contribution in [-0.4, -0.2) is 14.1 Å². The van der Waals surface area contributed by atoms with Gasteiger partial charge in [-0.25, -0.2) is 4.98 Å². The molecule has 0 radical (unpaired) electrons. The van der Waals surface area contributed by atoms with Crippen LogP contribution in [0.3, 0.4) is 0 Å². The van der Waals surface area contributed by atoms with Crippen LogP contribution < -0.4 is 0 Å². The monoisotopic (exact) mass is 817 g/mol. The zero-order valence-electron chi connectivity index (χ0n) is 35.6. The van der Waals surface area contributed by atoms with Crippen LogP contribution in [0.25, 0.3) is 66.4 Å². The lowest BCUT2D eigenvalue weighted by Gasteiger charge is -2.21. The minimum atomic E-state index is -5.03. The lowest BCUT2D eigenvalue weighted by Crippen LogP contribution is -2.12. The van der Waals surface area contributed by atoms with Crippen molar-refractivity contribution < 1.29 is 26.3 Å². The van der Waals surface area contributed by atoms with Gasteiger partial charge in [0.1, 0.15) is 11.6 Å². The van der Waals surface area contributed by atoms with Gasteiger partial charge >= 0.3 is 12.4 Å². The van der Waals surface area contributed by atoms with E-state index in [4.69, 9.17) is 4.98 Å². The number of halogens is 6. The summed E-state index contributed by atoms with van der Waals surface area (Å²) in [7, 11) is 0. The molecule has 3 nitrogen and oxygen atoms in total. The van der Waals surface area contributed by atoms with Crippen LogP contribution in [0.5, 0.6) is 0 Å². The van der Waals surface area contributed by atoms with Crippen LogP contribution in [0, 0.1) is 0 Å². The molecule has 0 bridgehead atoms. The summed E-state index contributed by atoms with van der Waals surface area (Å²) in [6.07, 6.45) is -9.30. The molecule has 3 aromatic heterocycles. The van der Waals surface area contributed by atoms with Gasteiger partial charge in [-0.1, -0.05) is 118 Å². The van der Waals surface area contributed by atoms with Gasteiger partial charge in [0.05, 0.1) is 33.2 Å². The van der Waals surface area contributed by atoms with E-state index in [0.29, 0.717) is 11.6 Å². The summed E-state index contributed by atoms with van der Waals surface area (Å²) in [5.41, 5.74) is 4.03. The van der Waals surface area contributed by atoms with Gasteiger partial charge in [-0.3, -0.25) is 9.13 Å². The molecule has 0 aliphatic heterocycles. The minimum Gasteiger partial charge on any atom is -0.294 e. The van der Waals surface area contributed by atoms with Gasteiger partial charge in [0.15, 0.2) is 0 Å². The number of alkyl halides is 6. The minimum absolute atomic E-state index is 0.161. The Labute approximate surface area is 346 Å². The van der Waals surface area contributed by atoms with E-state index >= 15 is 0 Å². The Balaban J connectivity index is 1.57. The summed E-state index contributed by atoms with van der Waals surface area (Å²) < 4.78 is 90.7. The van der Waals surface area contributed by atoms with Crippen LogP contribution >= 0.6 is 0 Å². The van der Waals surface area contributed by atoms with E-state index in [2.05, 4.69) is 142 Å². The van der Waals surface area contributed by atoms with Crippen molar-refractivity contribution in [3.05, 3.63) is 137 Å². The quantitative estimate of drug-likeness (QED) is 0.162. The summed E-state index contributed by atoms with van der Waals surface area (Å²) in [6.45, 7) is 21.2. The number of fused-ring (bicyclic) bond motifs is 6. The Bertz CT molecular complexity index is 2890. The predicted molar refractivity (Wildman–Crippen MR) is 234 cm³/mol. The lowest BCUT2D eigenvalue weighted by atomic mass is 9.86. The third-order valence-electron chi connectivity index (χ3n) is 11.8. The zero-order valence-corrected chi connectivity index (χ0v) is 35.6. The van der Waals surface area contributed by atoms with Crippen molar-refractivity contribution in [1.29, 1.82) is 0 Å². The molecule has 0 aliphatic carbocycles. The number of pyridine rings is 1. The first kappa shape index (κ1) is 41.2. The Morgan fingerprint density at radius 2 is 0.733 bits per heavy atom. The predicted octanol–water partition coefficient (Wildman–Crippen LogP) is 15.4. The number of benzene rings is 5. The van der Waals surface area contributed by atoms with E-state index in [-0.39, 0.29) is 33.4 Å². The van der Waals surface area contributed by atoms with Crippen molar-refractivity contribution in [3.63, 3.8) is 0 Å². The van der Waals surface area contributed by atoms with E-state index in [1.165, 1.54) is 0 Å². The molecule has 0 N–H and O–H groups in total. The van der Waals surface area contributed by atoms with Crippen LogP contribution in [0.15, 0.2) is 103 Å². The van der Waals surface area contributed by atoms with Crippen LogP contribution in [0.4, 0.5) is 26.3 Å². The number of aryl methyl sites for hydroxylation is 1. The molecule has 0 saturated carbocycles. The fraction of sp³-hybridized carbons (Fsp3) is 0.314. The summed E-state index contributed by atoms with van der Waals surface area (Å²) in [5, 5.41) is 3.81. The highest BCUT2D eigenvalue weighted by atomic mass is 19.4. The molecule has 0 unspecified atom stereocenters. The molecule has 310 valence electrons. The van der Waals surface area contributed by atoms with E-state index in [1.54, 1.807) is 12.1 Å². The van der Waals surface area contributed by atoms with Gasteiger partial charge in [0.25, 0.3) is 0 Å². The molecule has 60 heavy (non-hydrogen) atoms. The first-order valence-electron chi connectivity index (χ1n) is 20.3. The Kier molecular flexibility index (Phi) is 9.42. The van der Waals surface area contributed by atoms with Crippen LogP contribution in [0.1, 0.15) is 103 Å². The van der Waals surface area contributed by atoms with E-state index in [1.807, 2.05) is 9.13 Å². The Hall–Kier alpha value is -5.57. The number of rotatable bonds is 4. The van der Waals surface area contributed by atoms with Gasteiger partial charge < -0.3 is 0 Å². The van der Waals surface area contributed by atoms with Gasteiger partial charge in [0.2, 0.25) is 0 Å². The second kappa shape index (κ2) is 13.7. The highest BCUT2D eigenvalue weighted by Crippen LogP contribution is 2.43. The molecule has 9 heteroatoms. The van der Waals surface area contributed by atoms with Crippen molar-refractivity contribution in [2.24, 2.45) is 0 Å². The van der Waals surface area contributed by atoms with Crippen molar-refractivity contribution in [3.8, 4) is 22.8 Å². The van der Waals surface area contributed by atoms with Crippen LogP contribution in [-0.2, 0) is 35.0 Å². The molecule has 0 amide bonds. The summed E-state index contributed by atoms with van der Waals surface area (Å²) in [4.78, 5) is 5.40. The van der Waals surface area contributed by atoms with Crippen molar-refractivity contribution in [1.82, 2.24) is 14.1 Å². The molecule has 8 aromatic rings. The largest absolute Gasteiger partial charge is 0.416 e. The number of nitrogens with zero attached hydrogens (tertiary/aromatic N) is 3. The first-order valence-corrected chi connectivity index (χ1v) is 20.3. The standard InChI is InChI=1S/C51H49F6N3/c1-11-29-12-16-37-38-17-13-32(47(2,3)4)26-42(38)59(41(37)20-29)45-23-31(30-21-35(50(52,53)54)25-36(22-30)51(55,56)57)24-46(58-45)60-43-27-33(48(5,6)7)14-18-39(43)40-19-15-34(28-44(40)60)49(8,9)10/h12-28H,11H2,1-10H3. The molecule has 3 heterocycles. The van der Waals surface area contributed by atoms with Gasteiger partial charge in [-0.2, -0.15) is 26.3 Å². The Morgan fingerprint density at radius 3 is 1.07 bits per heavy atom. The third-order valence-corrected chi connectivity index (χ3v) is 11.8.